The molecule has 178 valence electrons. The first-order valence-electron chi connectivity index (χ1n) is 11.5. The number of rotatable bonds is 5. The van der Waals surface area contributed by atoms with Crippen LogP contribution >= 0.6 is 0 Å². The fraction of sp³-hybridized carbons (Fsp3) is 0.385. The average molecular weight is 482 g/mol. The summed E-state index contributed by atoms with van der Waals surface area (Å²) >= 11 is 0. The van der Waals surface area contributed by atoms with Gasteiger partial charge in [0.05, 0.1) is 35.1 Å². The molecular weight excluding hydrogens is 454 g/mol. The summed E-state index contributed by atoms with van der Waals surface area (Å²) in [6.07, 6.45) is 1.21. The number of carbonyl (C=O) groups excluding carboxylic acids is 1. The van der Waals surface area contributed by atoms with Crippen molar-refractivity contribution < 1.29 is 22.4 Å². The number of aryl methyl sites for hydroxylation is 2. The third-order valence-electron chi connectivity index (χ3n) is 6.79. The summed E-state index contributed by atoms with van der Waals surface area (Å²) in [6.45, 7) is 6.46. The van der Waals surface area contributed by atoms with Crippen LogP contribution in [0.3, 0.4) is 0 Å². The molecule has 2 atom stereocenters. The first-order chi connectivity index (χ1) is 16.2. The van der Waals surface area contributed by atoms with E-state index in [1.54, 1.807) is 17.0 Å². The predicted molar refractivity (Wildman–Crippen MR) is 129 cm³/mol. The van der Waals surface area contributed by atoms with Gasteiger partial charge in [-0.05, 0) is 67.6 Å². The van der Waals surface area contributed by atoms with Crippen molar-refractivity contribution in [1.82, 2.24) is 4.90 Å². The Bertz CT molecular complexity index is 1460. The van der Waals surface area contributed by atoms with E-state index in [0.29, 0.717) is 29.7 Å². The quantitative estimate of drug-likeness (QED) is 0.548. The Kier molecular flexibility index (Phi) is 5.51. The third-order valence-corrected chi connectivity index (χ3v) is 8.54. The van der Waals surface area contributed by atoms with Crippen LogP contribution < -0.4 is 10.2 Å². The topological polar surface area (TPSA) is 93.9 Å². The van der Waals surface area contributed by atoms with E-state index in [1.807, 2.05) is 45.0 Å². The molecule has 1 fully saturated rings. The average Bonchev–Trinajstić information content (AvgIpc) is 3.30. The normalized spacial score (nSPS) is 21.3. The van der Waals surface area contributed by atoms with Crippen molar-refractivity contribution in [2.24, 2.45) is 0 Å². The van der Waals surface area contributed by atoms with E-state index in [2.05, 4.69) is 0 Å². The molecule has 2 aliphatic heterocycles. The Balaban J connectivity index is 1.69. The van der Waals surface area contributed by atoms with Crippen molar-refractivity contribution in [2.45, 2.75) is 45.7 Å². The van der Waals surface area contributed by atoms with E-state index in [-0.39, 0.29) is 28.3 Å². The van der Waals surface area contributed by atoms with Gasteiger partial charge in [0.25, 0.3) is 5.91 Å². The van der Waals surface area contributed by atoms with Crippen LogP contribution in [0.5, 0.6) is 5.75 Å². The summed E-state index contributed by atoms with van der Waals surface area (Å²) in [4.78, 5) is 28.9. The van der Waals surface area contributed by atoms with Crippen LogP contribution in [0, 0.1) is 13.8 Å². The van der Waals surface area contributed by atoms with Crippen LogP contribution in [0.4, 0.5) is 0 Å². The van der Waals surface area contributed by atoms with Gasteiger partial charge in [0.15, 0.2) is 15.3 Å². The van der Waals surface area contributed by atoms with Crippen LogP contribution in [0.2, 0.25) is 0 Å². The number of hydrogen-bond acceptors (Lipinski definition) is 6. The van der Waals surface area contributed by atoms with Gasteiger partial charge in [-0.1, -0.05) is 19.1 Å². The van der Waals surface area contributed by atoms with Crippen LogP contribution in [0.15, 0.2) is 45.6 Å². The van der Waals surface area contributed by atoms with Gasteiger partial charge in [-0.25, -0.2) is 8.42 Å². The Morgan fingerprint density at radius 2 is 1.79 bits per heavy atom. The molecule has 0 saturated carbocycles. The molecule has 2 aromatic carbocycles. The van der Waals surface area contributed by atoms with Crippen molar-refractivity contribution >= 4 is 26.7 Å². The fourth-order valence-corrected chi connectivity index (χ4v) is 6.62. The van der Waals surface area contributed by atoms with Gasteiger partial charge < -0.3 is 14.1 Å². The van der Waals surface area contributed by atoms with E-state index in [1.165, 1.54) is 0 Å². The monoisotopic (exact) mass is 481 g/mol. The molecule has 1 amide bonds. The maximum Gasteiger partial charge on any atom is 0.291 e. The molecule has 0 spiro atoms. The van der Waals surface area contributed by atoms with Crippen molar-refractivity contribution in [3.05, 3.63) is 74.6 Å². The third kappa shape index (κ3) is 3.70. The highest BCUT2D eigenvalue weighted by Gasteiger charge is 2.48. The minimum atomic E-state index is -3.25. The SMILES string of the molecule is CCCOc1ccc(C2c3c(oc4cc(C)c(C)cc4c3=O)C(=O)N2C2CCS(=O)(=O)C2)cc1. The number of hydrogen-bond donors (Lipinski definition) is 0. The summed E-state index contributed by atoms with van der Waals surface area (Å²) < 4.78 is 36.2. The Morgan fingerprint density at radius 3 is 2.44 bits per heavy atom. The highest BCUT2D eigenvalue weighted by atomic mass is 32.2. The van der Waals surface area contributed by atoms with Gasteiger partial charge in [-0.3, -0.25) is 9.59 Å². The summed E-state index contributed by atoms with van der Waals surface area (Å²) in [7, 11) is -3.25. The fourth-order valence-electron chi connectivity index (χ4n) is 4.91. The molecule has 2 unspecified atom stereocenters. The lowest BCUT2D eigenvalue weighted by molar-refractivity contribution is 0.0662. The maximum atomic E-state index is 13.7. The molecule has 0 bridgehead atoms. The zero-order chi connectivity index (χ0) is 24.2. The molecule has 7 nitrogen and oxygen atoms in total. The molecule has 34 heavy (non-hydrogen) atoms. The standard InChI is InChI=1S/C26H27NO6S/c1-4-10-32-19-7-5-17(6-8-19)23-22-24(28)20-12-15(2)16(3)13-21(20)33-25(22)26(29)27(23)18-9-11-34(30,31)14-18/h5-8,12-13,18,23H,4,9-11,14H2,1-3H3. The molecule has 3 heterocycles. The molecule has 8 heteroatoms. The summed E-state index contributed by atoms with van der Waals surface area (Å²) in [5.74, 6) is 0.164. The number of ether oxygens (including phenoxy) is 1. The summed E-state index contributed by atoms with van der Waals surface area (Å²) in [5, 5.41) is 0.420. The number of amides is 1. The van der Waals surface area contributed by atoms with Crippen molar-refractivity contribution in [1.29, 1.82) is 0 Å². The molecule has 0 N–H and O–H groups in total. The van der Waals surface area contributed by atoms with E-state index >= 15 is 0 Å². The van der Waals surface area contributed by atoms with E-state index in [9.17, 15) is 18.0 Å². The van der Waals surface area contributed by atoms with Crippen LogP contribution in [-0.4, -0.2) is 43.4 Å². The smallest absolute Gasteiger partial charge is 0.291 e. The second-order valence-electron chi connectivity index (χ2n) is 9.20. The lowest BCUT2D eigenvalue weighted by Gasteiger charge is -2.30. The summed E-state index contributed by atoms with van der Waals surface area (Å²) in [5.41, 5.74) is 3.01. The minimum Gasteiger partial charge on any atom is -0.494 e. The molecule has 2 aliphatic rings. The minimum absolute atomic E-state index is 0.00126. The number of benzene rings is 2. The first-order valence-corrected chi connectivity index (χ1v) is 13.4. The molecule has 1 aromatic heterocycles. The Labute approximate surface area is 198 Å². The van der Waals surface area contributed by atoms with E-state index < -0.39 is 27.8 Å². The van der Waals surface area contributed by atoms with Crippen LogP contribution in [0.25, 0.3) is 11.0 Å². The van der Waals surface area contributed by atoms with Gasteiger partial charge in [-0.15, -0.1) is 0 Å². The Morgan fingerprint density at radius 1 is 1.09 bits per heavy atom. The van der Waals surface area contributed by atoms with Gasteiger partial charge in [0, 0.05) is 6.04 Å². The van der Waals surface area contributed by atoms with E-state index in [4.69, 9.17) is 9.15 Å². The highest BCUT2D eigenvalue weighted by Crippen LogP contribution is 2.42. The highest BCUT2D eigenvalue weighted by molar-refractivity contribution is 7.91. The molecule has 5 rings (SSSR count). The molecular formula is C26H27NO6S. The van der Waals surface area contributed by atoms with Gasteiger partial charge >= 0.3 is 0 Å². The second kappa shape index (κ2) is 8.27. The van der Waals surface area contributed by atoms with E-state index in [0.717, 1.165) is 23.1 Å². The molecule has 0 radical (unpaired) electrons. The number of nitrogens with zero attached hydrogens (tertiary/aromatic N) is 1. The van der Waals surface area contributed by atoms with Crippen molar-refractivity contribution in [3.8, 4) is 5.75 Å². The maximum absolute atomic E-state index is 13.7. The van der Waals surface area contributed by atoms with Gasteiger partial charge in [0.2, 0.25) is 5.76 Å². The zero-order valence-electron chi connectivity index (χ0n) is 19.5. The molecule has 1 saturated heterocycles. The predicted octanol–water partition coefficient (Wildman–Crippen LogP) is 3.93. The number of sulfone groups is 1. The van der Waals surface area contributed by atoms with Gasteiger partial charge in [-0.2, -0.15) is 0 Å². The number of carbonyl (C=O) groups is 1. The largest absolute Gasteiger partial charge is 0.494 e. The van der Waals surface area contributed by atoms with Crippen molar-refractivity contribution in [3.63, 3.8) is 0 Å². The first kappa shape index (κ1) is 22.7. The molecule has 0 aliphatic carbocycles. The zero-order valence-corrected chi connectivity index (χ0v) is 20.3. The lowest BCUT2D eigenvalue weighted by atomic mass is 9.96. The van der Waals surface area contributed by atoms with Gasteiger partial charge in [0.1, 0.15) is 11.3 Å². The van der Waals surface area contributed by atoms with Crippen LogP contribution in [0.1, 0.15) is 58.6 Å². The summed E-state index contributed by atoms with van der Waals surface area (Å²) in [6, 6.07) is 9.62. The van der Waals surface area contributed by atoms with Crippen LogP contribution in [-0.2, 0) is 9.84 Å². The lowest BCUT2D eigenvalue weighted by Crippen LogP contribution is -2.40. The molecule has 3 aromatic rings. The number of fused-ring (bicyclic) bond motifs is 2. The van der Waals surface area contributed by atoms with Crippen molar-refractivity contribution in [2.75, 3.05) is 18.1 Å². The Hall–Kier alpha value is -3.13. The second-order valence-corrected chi connectivity index (χ2v) is 11.4.